The molecule has 0 N–H and O–H groups in total. The van der Waals surface area contributed by atoms with Gasteiger partial charge in [0.05, 0.1) is 0 Å². The number of rotatable bonds is 50. The molecule has 0 rings (SSSR count). The summed E-state index contributed by atoms with van der Waals surface area (Å²) in [4.78, 5) is 0. The molecule has 0 saturated carbocycles. The fourth-order valence-corrected chi connectivity index (χ4v) is 11.1. The fraction of sp³-hybridized carbons (Fsp3) is 1.00. The van der Waals surface area contributed by atoms with Crippen molar-refractivity contribution in [3.8, 4) is 0 Å². The van der Waals surface area contributed by atoms with Crippen LogP contribution in [-0.4, -0.2) is 26.2 Å². The molecule has 0 bridgehead atoms. The van der Waals surface area contributed by atoms with Crippen LogP contribution in [0.1, 0.15) is 322 Å². The van der Waals surface area contributed by atoms with Crippen molar-refractivity contribution < 1.29 is 0 Å². The van der Waals surface area contributed by atoms with Crippen molar-refractivity contribution in [2.45, 2.75) is 322 Å². The summed E-state index contributed by atoms with van der Waals surface area (Å²) in [5, 5.41) is -1.43. The van der Waals surface area contributed by atoms with E-state index in [9.17, 15) is 0 Å². The number of halogens is 1. The second kappa shape index (κ2) is 45.4. The average molecular weight is 872 g/mol. The second-order valence-electron chi connectivity index (χ2n) is 20.6. The third kappa shape index (κ3) is 54.9. The molecule has 2 heteroatoms. The molecule has 0 radical (unpaired) electrons. The molecule has 56 heavy (non-hydrogen) atoms. The van der Waals surface area contributed by atoms with Crippen LogP contribution in [0, 0.1) is 0 Å². The third-order valence-corrected chi connectivity index (χ3v) is 15.9. The van der Waals surface area contributed by atoms with E-state index in [0.717, 1.165) is 0 Å². The van der Waals surface area contributed by atoms with Crippen LogP contribution in [0.25, 0.3) is 0 Å². The van der Waals surface area contributed by atoms with E-state index >= 15 is 0 Å². The van der Waals surface area contributed by atoms with E-state index in [2.05, 4.69) is 42.4 Å². The number of unbranched alkanes of at least 4 members (excludes halogenated alkanes) is 48. The molecule has 0 atom stereocenters. The Morgan fingerprint density at radius 3 is 0.411 bits per heavy atom. The summed E-state index contributed by atoms with van der Waals surface area (Å²) in [6, 6.07) is 0. The summed E-state index contributed by atoms with van der Waals surface area (Å²) in [6.07, 6.45) is 74.2. The summed E-state index contributed by atoms with van der Waals surface area (Å²) < 4.78 is 0. The van der Waals surface area contributed by atoms with Gasteiger partial charge in [-0.1, -0.05) is 251 Å². The minimum absolute atomic E-state index is 1.37. The van der Waals surface area contributed by atoms with E-state index in [1.807, 2.05) is 0 Å². The fourth-order valence-electron chi connectivity index (χ4n) is 9.03. The Labute approximate surface area is 366 Å². The van der Waals surface area contributed by atoms with Gasteiger partial charge >= 0.3 is 118 Å². The summed E-state index contributed by atoms with van der Waals surface area (Å²) in [5.41, 5.74) is 0. The van der Waals surface area contributed by atoms with E-state index < -0.39 is 5.31 Å². The van der Waals surface area contributed by atoms with Crippen molar-refractivity contribution in [2.24, 2.45) is 0 Å². The first-order valence-electron chi connectivity index (χ1n) is 27.0. The Hall–Kier alpha value is 0.910. The van der Waals surface area contributed by atoms with Gasteiger partial charge in [0, 0.05) is 0 Å². The Kier molecular flexibility index (Phi) is 46.2. The van der Waals surface area contributed by atoms with E-state index in [1.54, 1.807) is 0 Å². The first kappa shape index (κ1) is 56.9. The summed E-state index contributed by atoms with van der Waals surface area (Å²) in [5.74, 6) is 0. The van der Waals surface area contributed by atoms with Gasteiger partial charge in [0.1, 0.15) is 0 Å². The first-order chi connectivity index (χ1) is 27.3. The van der Waals surface area contributed by atoms with Crippen LogP contribution >= 0.6 is 20.8 Å². The van der Waals surface area contributed by atoms with Gasteiger partial charge in [-0.25, -0.2) is 0 Å². The molecular weight excluding hydrogens is 759 g/mol. The zero-order chi connectivity index (χ0) is 40.8. The molecule has 0 aliphatic carbocycles. The van der Waals surface area contributed by atoms with Crippen LogP contribution in [0.2, 0.25) is 0 Å². The normalized spacial score (nSPS) is 12.8. The molecule has 0 fully saturated rings. The average Bonchev–Trinajstić information content (AvgIpc) is 3.16. The number of hydrogen-bond acceptors (Lipinski definition) is 0. The molecule has 0 nitrogen and oxygen atoms in total. The molecular formula is C54H112BrP. The predicted molar refractivity (Wildman–Crippen MR) is 270 cm³/mol. The summed E-state index contributed by atoms with van der Waals surface area (Å²) >= 11 is 4.00. The van der Waals surface area contributed by atoms with Crippen LogP contribution in [0.3, 0.4) is 0 Å². The van der Waals surface area contributed by atoms with E-state index in [-0.39, 0.29) is 0 Å². The molecule has 0 heterocycles. The van der Waals surface area contributed by atoms with Crippen LogP contribution in [-0.2, 0) is 0 Å². The van der Waals surface area contributed by atoms with Gasteiger partial charge in [0.2, 0.25) is 0 Å². The molecule has 0 spiro atoms. The summed E-state index contributed by atoms with van der Waals surface area (Å²) in [7, 11) is 0. The van der Waals surface area contributed by atoms with Gasteiger partial charge < -0.3 is 0 Å². The van der Waals surface area contributed by atoms with Crippen LogP contribution in [0.15, 0.2) is 0 Å². The van der Waals surface area contributed by atoms with Crippen LogP contribution < -0.4 is 0 Å². The molecule has 0 aromatic carbocycles. The quantitative estimate of drug-likeness (QED) is 0.0422. The number of hydrogen-bond donors (Lipinski definition) is 0. The SMILES string of the molecule is CCCCCCCCCCCCCCCCCCCCCCCCCCCCCCCCCCCCCCCCCCCCCCCCCCCP(C)(C)(C)Br. The molecule has 0 aliphatic rings. The van der Waals surface area contributed by atoms with Crippen molar-refractivity contribution in [2.75, 3.05) is 26.2 Å². The standard InChI is InChI=1S/C54H112BrP/c1-5-6-7-8-9-10-11-12-13-14-15-16-17-18-19-20-21-22-23-24-25-26-27-28-29-30-31-32-33-34-35-36-37-38-39-40-41-42-43-44-45-46-47-48-49-50-51-52-53-54-56(2,3,4)55/h5-54H2,1-4H3. The van der Waals surface area contributed by atoms with Gasteiger partial charge in [0.15, 0.2) is 0 Å². The molecule has 0 aromatic heterocycles. The van der Waals surface area contributed by atoms with E-state index in [0.29, 0.717) is 0 Å². The molecule has 0 amide bonds. The maximum atomic E-state index is 4.00. The summed E-state index contributed by atoms with van der Waals surface area (Å²) in [6.45, 7) is 9.64. The zero-order valence-electron chi connectivity index (χ0n) is 40.2. The maximum absolute atomic E-state index is 4.00. The Morgan fingerprint density at radius 1 is 0.196 bits per heavy atom. The monoisotopic (exact) mass is 871 g/mol. The van der Waals surface area contributed by atoms with Crippen molar-refractivity contribution in [1.29, 1.82) is 0 Å². The Bertz CT molecular complexity index is 700. The van der Waals surface area contributed by atoms with Crippen molar-refractivity contribution in [1.82, 2.24) is 0 Å². The molecule has 0 aliphatic heterocycles. The van der Waals surface area contributed by atoms with Crippen molar-refractivity contribution >= 4 is 20.8 Å². The van der Waals surface area contributed by atoms with E-state index in [4.69, 9.17) is 0 Å². The molecule has 0 aromatic rings. The molecule has 340 valence electrons. The second-order valence-corrected chi connectivity index (χ2v) is 34.8. The third-order valence-electron chi connectivity index (χ3n) is 13.0. The first-order valence-corrected chi connectivity index (χ1v) is 32.8. The van der Waals surface area contributed by atoms with Gasteiger partial charge in [-0.05, 0) is 0 Å². The van der Waals surface area contributed by atoms with Crippen molar-refractivity contribution in [3.63, 3.8) is 0 Å². The van der Waals surface area contributed by atoms with E-state index in [1.165, 1.54) is 321 Å². The molecule has 0 unspecified atom stereocenters. The Morgan fingerprint density at radius 2 is 0.304 bits per heavy atom. The molecule has 0 saturated heterocycles. The van der Waals surface area contributed by atoms with Crippen LogP contribution in [0.5, 0.6) is 0 Å². The van der Waals surface area contributed by atoms with Crippen molar-refractivity contribution in [3.05, 3.63) is 0 Å². The predicted octanol–water partition coefficient (Wildman–Crippen LogP) is 21.9. The van der Waals surface area contributed by atoms with Gasteiger partial charge in [-0.2, -0.15) is 0 Å². The van der Waals surface area contributed by atoms with Crippen LogP contribution in [0.4, 0.5) is 0 Å². The Balaban J connectivity index is 3.08. The zero-order valence-corrected chi connectivity index (χ0v) is 42.7. The van der Waals surface area contributed by atoms with Gasteiger partial charge in [-0.15, -0.1) is 0 Å². The van der Waals surface area contributed by atoms with Gasteiger partial charge in [0.25, 0.3) is 0 Å². The minimum atomic E-state index is -1.43. The van der Waals surface area contributed by atoms with Gasteiger partial charge in [-0.3, -0.25) is 0 Å². The topological polar surface area (TPSA) is 0 Å².